The largest absolute Gasteiger partial charge is 0.393 e. The first-order valence-corrected chi connectivity index (χ1v) is 6.10. The molecule has 2 heteroatoms. The van der Waals surface area contributed by atoms with E-state index >= 15 is 0 Å². The molecular weight excluding hydrogens is 200 g/mol. The molecule has 0 unspecified atom stereocenters. The molecule has 1 aromatic carbocycles. The van der Waals surface area contributed by atoms with E-state index in [0.717, 1.165) is 19.4 Å². The van der Waals surface area contributed by atoms with Gasteiger partial charge in [-0.3, -0.25) is 0 Å². The van der Waals surface area contributed by atoms with Crippen molar-refractivity contribution in [3.8, 4) is 0 Å². The average Bonchev–Trinajstić information content (AvgIpc) is 2.95. The first kappa shape index (κ1) is 10.3. The van der Waals surface area contributed by atoms with Gasteiger partial charge in [0.25, 0.3) is 0 Å². The van der Waals surface area contributed by atoms with Crippen molar-refractivity contribution in [1.82, 2.24) is 0 Å². The van der Waals surface area contributed by atoms with Gasteiger partial charge in [-0.15, -0.1) is 0 Å². The molecule has 1 N–H and O–H groups in total. The van der Waals surface area contributed by atoms with Crippen molar-refractivity contribution in [3.63, 3.8) is 0 Å². The Bertz CT molecular complexity index is 362. The number of rotatable bonds is 4. The fourth-order valence-electron chi connectivity index (χ4n) is 3.03. The van der Waals surface area contributed by atoms with Gasteiger partial charge in [-0.25, -0.2) is 0 Å². The lowest BCUT2D eigenvalue weighted by Crippen LogP contribution is -2.10. The number of benzene rings is 1. The summed E-state index contributed by atoms with van der Waals surface area (Å²) in [6, 6.07) is 10.3. The maximum Gasteiger partial charge on any atom is 0.0717 e. The summed E-state index contributed by atoms with van der Waals surface area (Å²) in [6.07, 6.45) is 3.23. The van der Waals surface area contributed by atoms with Crippen LogP contribution in [0.1, 0.15) is 24.8 Å². The van der Waals surface area contributed by atoms with Crippen LogP contribution in [0.25, 0.3) is 0 Å². The SMILES string of the molecule is O[C@@H]1CC[C@]2(COCc3ccccc3)C[C@H]12. The topological polar surface area (TPSA) is 29.5 Å². The van der Waals surface area contributed by atoms with Crippen LogP contribution in [-0.4, -0.2) is 17.8 Å². The minimum atomic E-state index is -0.0553. The number of ether oxygens (including phenoxy) is 1. The molecule has 2 fully saturated rings. The number of aliphatic hydroxyl groups is 1. The van der Waals surface area contributed by atoms with Crippen LogP contribution in [0.15, 0.2) is 30.3 Å². The Labute approximate surface area is 96.2 Å². The predicted octanol–water partition coefficient (Wildman–Crippen LogP) is 2.36. The lowest BCUT2D eigenvalue weighted by Gasteiger charge is -2.11. The van der Waals surface area contributed by atoms with Crippen LogP contribution in [0.3, 0.4) is 0 Å². The summed E-state index contributed by atoms with van der Waals surface area (Å²) in [4.78, 5) is 0. The third-order valence-corrected chi connectivity index (χ3v) is 4.16. The summed E-state index contributed by atoms with van der Waals surface area (Å²) in [5.74, 6) is 0.531. The van der Waals surface area contributed by atoms with E-state index in [4.69, 9.17) is 4.74 Å². The third-order valence-electron chi connectivity index (χ3n) is 4.16. The summed E-state index contributed by atoms with van der Waals surface area (Å²) in [5.41, 5.74) is 1.57. The fraction of sp³-hybridized carbons (Fsp3) is 0.571. The summed E-state index contributed by atoms with van der Waals surface area (Å²) >= 11 is 0. The van der Waals surface area contributed by atoms with Crippen LogP contribution in [0, 0.1) is 11.3 Å². The maximum atomic E-state index is 9.67. The average molecular weight is 218 g/mol. The number of aliphatic hydroxyl groups excluding tert-OH is 1. The van der Waals surface area contributed by atoms with E-state index in [1.165, 1.54) is 12.0 Å². The lowest BCUT2D eigenvalue weighted by molar-refractivity contribution is 0.0730. The Kier molecular flexibility index (Phi) is 2.49. The highest BCUT2D eigenvalue weighted by Gasteiger charge is 2.61. The minimum Gasteiger partial charge on any atom is -0.393 e. The normalized spacial score (nSPS) is 36.1. The van der Waals surface area contributed by atoms with Gasteiger partial charge in [-0.05, 0) is 36.2 Å². The van der Waals surface area contributed by atoms with Crippen molar-refractivity contribution in [2.45, 2.75) is 32.0 Å². The Morgan fingerprint density at radius 1 is 1.31 bits per heavy atom. The van der Waals surface area contributed by atoms with E-state index in [1.54, 1.807) is 0 Å². The smallest absolute Gasteiger partial charge is 0.0717 e. The Balaban J connectivity index is 1.49. The summed E-state index contributed by atoms with van der Waals surface area (Å²) in [7, 11) is 0. The summed E-state index contributed by atoms with van der Waals surface area (Å²) in [6.45, 7) is 1.52. The zero-order valence-corrected chi connectivity index (χ0v) is 9.43. The molecule has 0 radical (unpaired) electrons. The molecule has 0 spiro atoms. The van der Waals surface area contributed by atoms with Gasteiger partial charge in [-0.2, -0.15) is 0 Å². The van der Waals surface area contributed by atoms with Crippen molar-refractivity contribution < 1.29 is 9.84 Å². The van der Waals surface area contributed by atoms with Gasteiger partial charge in [0.2, 0.25) is 0 Å². The molecule has 2 aliphatic carbocycles. The molecular formula is C14H18O2. The van der Waals surface area contributed by atoms with Gasteiger partial charge >= 0.3 is 0 Å². The first-order chi connectivity index (χ1) is 7.80. The lowest BCUT2D eigenvalue weighted by atomic mass is 10.1. The van der Waals surface area contributed by atoms with Crippen LogP contribution < -0.4 is 0 Å². The molecule has 0 aliphatic heterocycles. The van der Waals surface area contributed by atoms with E-state index in [1.807, 2.05) is 18.2 Å². The van der Waals surface area contributed by atoms with Crippen LogP contribution in [0.4, 0.5) is 0 Å². The Hall–Kier alpha value is -0.860. The van der Waals surface area contributed by atoms with Crippen molar-refractivity contribution in [2.75, 3.05) is 6.61 Å². The van der Waals surface area contributed by atoms with Gasteiger partial charge in [0, 0.05) is 0 Å². The zero-order valence-electron chi connectivity index (χ0n) is 9.43. The van der Waals surface area contributed by atoms with Crippen molar-refractivity contribution in [1.29, 1.82) is 0 Å². The highest BCUT2D eigenvalue weighted by Crippen LogP contribution is 2.63. The highest BCUT2D eigenvalue weighted by molar-refractivity contribution is 5.14. The number of hydrogen-bond donors (Lipinski definition) is 1. The zero-order chi connectivity index (χ0) is 11.0. The molecule has 3 rings (SSSR count). The van der Waals surface area contributed by atoms with E-state index < -0.39 is 0 Å². The summed E-state index contributed by atoms with van der Waals surface area (Å²) < 4.78 is 5.79. The molecule has 2 aliphatic rings. The quantitative estimate of drug-likeness (QED) is 0.840. The van der Waals surface area contributed by atoms with Crippen LogP contribution in [0.5, 0.6) is 0 Å². The number of fused-ring (bicyclic) bond motifs is 1. The van der Waals surface area contributed by atoms with Gasteiger partial charge in [-0.1, -0.05) is 30.3 Å². The van der Waals surface area contributed by atoms with Gasteiger partial charge in [0.1, 0.15) is 0 Å². The molecule has 86 valence electrons. The molecule has 16 heavy (non-hydrogen) atoms. The molecule has 2 saturated carbocycles. The minimum absolute atomic E-state index is 0.0553. The second-order valence-electron chi connectivity index (χ2n) is 5.26. The molecule has 0 aromatic heterocycles. The second-order valence-corrected chi connectivity index (χ2v) is 5.26. The Morgan fingerprint density at radius 2 is 2.12 bits per heavy atom. The highest BCUT2D eigenvalue weighted by atomic mass is 16.5. The van der Waals surface area contributed by atoms with E-state index in [0.29, 0.717) is 17.9 Å². The Morgan fingerprint density at radius 3 is 2.75 bits per heavy atom. The van der Waals surface area contributed by atoms with Crippen molar-refractivity contribution in [3.05, 3.63) is 35.9 Å². The van der Waals surface area contributed by atoms with Crippen LogP contribution in [-0.2, 0) is 11.3 Å². The fourth-order valence-corrected chi connectivity index (χ4v) is 3.03. The van der Waals surface area contributed by atoms with Crippen LogP contribution in [0.2, 0.25) is 0 Å². The maximum absolute atomic E-state index is 9.67. The molecule has 1 aromatic rings. The summed E-state index contributed by atoms with van der Waals surface area (Å²) in [5, 5.41) is 9.67. The van der Waals surface area contributed by atoms with E-state index in [9.17, 15) is 5.11 Å². The molecule has 0 amide bonds. The van der Waals surface area contributed by atoms with Gasteiger partial charge in [0.05, 0.1) is 19.3 Å². The van der Waals surface area contributed by atoms with Crippen LogP contribution >= 0.6 is 0 Å². The van der Waals surface area contributed by atoms with Crippen molar-refractivity contribution >= 4 is 0 Å². The molecule has 3 atom stereocenters. The van der Waals surface area contributed by atoms with E-state index in [-0.39, 0.29) is 6.10 Å². The monoisotopic (exact) mass is 218 g/mol. The van der Waals surface area contributed by atoms with E-state index in [2.05, 4.69) is 12.1 Å². The standard InChI is InChI=1S/C14H18O2/c15-13-6-7-14(8-12(13)14)10-16-9-11-4-2-1-3-5-11/h1-5,12-13,15H,6-10H2/t12-,13-,14-/m1/s1. The second kappa shape index (κ2) is 3.86. The predicted molar refractivity (Wildman–Crippen MR) is 61.9 cm³/mol. The molecule has 0 heterocycles. The van der Waals surface area contributed by atoms with Gasteiger partial charge in [0.15, 0.2) is 0 Å². The first-order valence-electron chi connectivity index (χ1n) is 6.10. The molecule has 0 saturated heterocycles. The van der Waals surface area contributed by atoms with Crippen molar-refractivity contribution in [2.24, 2.45) is 11.3 Å². The number of hydrogen-bond acceptors (Lipinski definition) is 2. The van der Waals surface area contributed by atoms with Gasteiger partial charge < -0.3 is 9.84 Å². The molecule has 0 bridgehead atoms. The molecule has 2 nitrogen and oxygen atoms in total. The third kappa shape index (κ3) is 1.76.